The lowest BCUT2D eigenvalue weighted by Gasteiger charge is -2.26. The van der Waals surface area contributed by atoms with Gasteiger partial charge in [0.2, 0.25) is 11.9 Å². The van der Waals surface area contributed by atoms with Crippen molar-refractivity contribution < 1.29 is 9.59 Å². The Balaban J connectivity index is 1.87. The molecule has 0 spiro atoms. The molecular weight excluding hydrogens is 356 g/mol. The summed E-state index contributed by atoms with van der Waals surface area (Å²) < 4.78 is 0. The van der Waals surface area contributed by atoms with Crippen molar-refractivity contribution in [1.29, 1.82) is 0 Å². The van der Waals surface area contributed by atoms with Crippen molar-refractivity contribution in [3.8, 4) is 11.3 Å². The molecule has 28 heavy (non-hydrogen) atoms. The molecule has 2 aromatic rings. The molecule has 0 unspecified atom stereocenters. The van der Waals surface area contributed by atoms with E-state index in [1.54, 1.807) is 24.3 Å². The van der Waals surface area contributed by atoms with Crippen LogP contribution >= 0.6 is 0 Å². The van der Waals surface area contributed by atoms with Gasteiger partial charge in [-0.2, -0.15) is 4.98 Å². The normalized spacial score (nSPS) is 15.4. The molecule has 0 radical (unpaired) electrons. The molecule has 0 aliphatic heterocycles. The van der Waals surface area contributed by atoms with Gasteiger partial charge in [-0.05, 0) is 38.8 Å². The van der Waals surface area contributed by atoms with E-state index in [-0.39, 0.29) is 17.9 Å². The van der Waals surface area contributed by atoms with E-state index < -0.39 is 11.4 Å². The van der Waals surface area contributed by atoms with Gasteiger partial charge in [0.15, 0.2) is 0 Å². The number of hydrogen-bond acceptors (Lipinski definition) is 6. The van der Waals surface area contributed by atoms with E-state index in [2.05, 4.69) is 20.6 Å². The zero-order chi connectivity index (χ0) is 20.3. The highest BCUT2D eigenvalue weighted by Gasteiger charge is 2.41. The molecule has 0 bridgehead atoms. The third-order valence-corrected chi connectivity index (χ3v) is 4.88. The highest BCUT2D eigenvalue weighted by molar-refractivity contribution is 5.99. The van der Waals surface area contributed by atoms with Crippen molar-refractivity contribution in [1.82, 2.24) is 15.3 Å². The lowest BCUT2D eigenvalue weighted by molar-refractivity contribution is -0.123. The number of benzene rings is 1. The zero-order valence-corrected chi connectivity index (χ0v) is 16.2. The van der Waals surface area contributed by atoms with Crippen LogP contribution < -0.4 is 22.1 Å². The molecule has 8 nitrogen and oxygen atoms in total. The number of aromatic nitrogens is 2. The van der Waals surface area contributed by atoms with E-state index in [9.17, 15) is 9.59 Å². The summed E-state index contributed by atoms with van der Waals surface area (Å²) in [5, 5.41) is 6.05. The Morgan fingerprint density at radius 2 is 1.86 bits per heavy atom. The summed E-state index contributed by atoms with van der Waals surface area (Å²) in [6, 6.07) is 9.01. The fourth-order valence-corrected chi connectivity index (χ4v) is 3.50. The van der Waals surface area contributed by atoms with E-state index in [1.165, 1.54) is 0 Å². The molecule has 1 saturated carbocycles. The Bertz CT molecular complexity index is 890. The Morgan fingerprint density at radius 3 is 2.50 bits per heavy atom. The van der Waals surface area contributed by atoms with Gasteiger partial charge in [0.05, 0.1) is 5.69 Å². The Hall–Kier alpha value is -3.16. The van der Waals surface area contributed by atoms with E-state index in [0.717, 1.165) is 18.4 Å². The van der Waals surface area contributed by atoms with E-state index in [1.807, 2.05) is 19.9 Å². The molecule has 0 atom stereocenters. The van der Waals surface area contributed by atoms with Crippen molar-refractivity contribution in [2.24, 2.45) is 5.73 Å². The number of carbonyl (C=O) groups is 2. The highest BCUT2D eigenvalue weighted by atomic mass is 16.2. The standard InChI is InChI=1S/C20H26N6O2/c1-12(2)23-16-11-15(24-19(22)25-16)13-6-5-7-14(10-13)17(27)26-20(18(21)28)8-3-4-9-20/h5-7,10-12H,3-4,8-9H2,1-2H3,(H2,21,28)(H,26,27)(H3,22,23,24,25). The smallest absolute Gasteiger partial charge is 0.252 e. The van der Waals surface area contributed by atoms with Crippen LogP contribution in [0.5, 0.6) is 0 Å². The van der Waals surface area contributed by atoms with Gasteiger partial charge in [0.25, 0.3) is 5.91 Å². The quantitative estimate of drug-likeness (QED) is 0.604. The molecule has 1 aliphatic rings. The van der Waals surface area contributed by atoms with Gasteiger partial charge in [0, 0.05) is 23.2 Å². The fraction of sp³-hybridized carbons (Fsp3) is 0.400. The summed E-state index contributed by atoms with van der Waals surface area (Å²) in [4.78, 5) is 33.2. The van der Waals surface area contributed by atoms with E-state index in [0.29, 0.717) is 29.9 Å². The van der Waals surface area contributed by atoms with Gasteiger partial charge in [-0.15, -0.1) is 0 Å². The number of primary amides is 1. The number of nitrogen functional groups attached to an aromatic ring is 1. The molecule has 1 heterocycles. The summed E-state index contributed by atoms with van der Waals surface area (Å²) in [7, 11) is 0. The number of amides is 2. The lowest BCUT2D eigenvalue weighted by Crippen LogP contribution is -2.55. The second-order valence-corrected chi connectivity index (χ2v) is 7.48. The van der Waals surface area contributed by atoms with Crippen molar-refractivity contribution >= 4 is 23.6 Å². The molecule has 148 valence electrons. The number of hydrogen-bond donors (Lipinski definition) is 4. The molecular formula is C20H26N6O2. The Morgan fingerprint density at radius 1 is 1.14 bits per heavy atom. The second-order valence-electron chi connectivity index (χ2n) is 7.48. The Kier molecular flexibility index (Phi) is 5.48. The van der Waals surface area contributed by atoms with Gasteiger partial charge in [-0.3, -0.25) is 9.59 Å². The minimum atomic E-state index is -0.958. The van der Waals surface area contributed by atoms with Crippen LogP contribution in [0.2, 0.25) is 0 Å². The number of rotatable bonds is 6. The van der Waals surface area contributed by atoms with Crippen LogP contribution in [0.4, 0.5) is 11.8 Å². The molecule has 6 N–H and O–H groups in total. The average Bonchev–Trinajstić information content (AvgIpc) is 3.10. The number of anilines is 2. The third-order valence-electron chi connectivity index (χ3n) is 4.88. The van der Waals surface area contributed by atoms with Crippen LogP contribution in [-0.4, -0.2) is 33.4 Å². The van der Waals surface area contributed by atoms with Crippen LogP contribution in [0, 0.1) is 0 Å². The summed E-state index contributed by atoms with van der Waals surface area (Å²) in [5.74, 6) is -0.0484. The molecule has 1 fully saturated rings. The van der Waals surface area contributed by atoms with E-state index in [4.69, 9.17) is 11.5 Å². The first kappa shape index (κ1) is 19.6. The maximum atomic E-state index is 12.8. The maximum absolute atomic E-state index is 12.8. The largest absolute Gasteiger partial charge is 0.368 e. The molecule has 3 rings (SSSR count). The third kappa shape index (κ3) is 4.21. The van der Waals surface area contributed by atoms with E-state index >= 15 is 0 Å². The number of nitrogens with two attached hydrogens (primary N) is 2. The molecule has 1 aromatic heterocycles. The molecule has 1 aliphatic carbocycles. The summed E-state index contributed by atoms with van der Waals surface area (Å²) in [6.07, 6.45) is 2.88. The zero-order valence-electron chi connectivity index (χ0n) is 16.2. The topological polar surface area (TPSA) is 136 Å². The first-order valence-electron chi connectivity index (χ1n) is 9.43. The summed E-state index contributed by atoms with van der Waals surface area (Å²) in [6.45, 7) is 4.00. The van der Waals surface area contributed by atoms with Crippen LogP contribution in [0.3, 0.4) is 0 Å². The predicted molar refractivity (Wildman–Crippen MR) is 108 cm³/mol. The first-order chi connectivity index (χ1) is 13.3. The number of nitrogens with one attached hydrogen (secondary N) is 2. The van der Waals surface area contributed by atoms with Gasteiger partial charge in [0.1, 0.15) is 11.4 Å². The average molecular weight is 382 g/mol. The SMILES string of the molecule is CC(C)Nc1cc(-c2cccc(C(=O)NC3(C(N)=O)CCCC3)c2)nc(N)n1. The summed E-state index contributed by atoms with van der Waals surface area (Å²) >= 11 is 0. The van der Waals surface area contributed by atoms with Crippen LogP contribution in [0.25, 0.3) is 11.3 Å². The summed E-state index contributed by atoms with van der Waals surface area (Å²) in [5.41, 5.74) is 12.2. The lowest BCUT2D eigenvalue weighted by atomic mass is 9.96. The number of carbonyl (C=O) groups excluding carboxylic acids is 2. The monoisotopic (exact) mass is 382 g/mol. The van der Waals surface area contributed by atoms with Gasteiger partial charge < -0.3 is 22.1 Å². The molecule has 2 amide bonds. The van der Waals surface area contributed by atoms with Crippen LogP contribution in [-0.2, 0) is 4.79 Å². The molecule has 1 aromatic carbocycles. The van der Waals surface area contributed by atoms with Crippen molar-refractivity contribution in [2.45, 2.75) is 51.1 Å². The first-order valence-corrected chi connectivity index (χ1v) is 9.43. The van der Waals surface area contributed by atoms with Crippen molar-refractivity contribution in [3.05, 3.63) is 35.9 Å². The molecule has 8 heteroatoms. The predicted octanol–water partition coefficient (Wildman–Crippen LogP) is 2.07. The highest BCUT2D eigenvalue weighted by Crippen LogP contribution is 2.30. The Labute approximate surface area is 164 Å². The van der Waals surface area contributed by atoms with Gasteiger partial charge in [-0.1, -0.05) is 25.0 Å². The fourth-order valence-electron chi connectivity index (χ4n) is 3.50. The van der Waals surface area contributed by atoms with Crippen LogP contribution in [0.15, 0.2) is 30.3 Å². The van der Waals surface area contributed by atoms with Gasteiger partial charge >= 0.3 is 0 Å². The second kappa shape index (κ2) is 7.84. The maximum Gasteiger partial charge on any atom is 0.252 e. The van der Waals surface area contributed by atoms with Crippen molar-refractivity contribution in [2.75, 3.05) is 11.1 Å². The van der Waals surface area contributed by atoms with Crippen molar-refractivity contribution in [3.63, 3.8) is 0 Å². The van der Waals surface area contributed by atoms with Gasteiger partial charge in [-0.25, -0.2) is 4.98 Å². The minimum Gasteiger partial charge on any atom is -0.368 e. The minimum absolute atomic E-state index is 0.147. The van der Waals surface area contributed by atoms with Crippen LogP contribution in [0.1, 0.15) is 49.9 Å². The number of nitrogens with zero attached hydrogens (tertiary/aromatic N) is 2. The molecule has 0 saturated heterocycles.